The summed E-state index contributed by atoms with van der Waals surface area (Å²) in [5, 5.41) is 0.662. The fourth-order valence-corrected chi connectivity index (χ4v) is 2.84. The molecule has 3 heteroatoms. The first kappa shape index (κ1) is 11.1. The summed E-state index contributed by atoms with van der Waals surface area (Å²) in [6.07, 6.45) is 3.27. The minimum atomic E-state index is 0.662. The van der Waals surface area contributed by atoms with Gasteiger partial charge in [-0.3, -0.25) is 0 Å². The Labute approximate surface area is 90.6 Å². The molecule has 0 aromatic carbocycles. The van der Waals surface area contributed by atoms with Gasteiger partial charge in [0, 0.05) is 25.0 Å². The van der Waals surface area contributed by atoms with Crippen molar-refractivity contribution >= 4 is 28.2 Å². The number of hydrogen-bond donors (Lipinski definition) is 0. The fourth-order valence-electron chi connectivity index (χ4n) is 1.31. The van der Waals surface area contributed by atoms with Gasteiger partial charge in [-0.05, 0) is 18.4 Å². The standard InChI is InChI=1S/C10H17NS2/c1-7(2)9-5-8(11(3)4)6-10(12)13-9/h6-7,9H,5H2,1-4H3/t9-/m0/s1. The van der Waals surface area contributed by atoms with Gasteiger partial charge in [0.15, 0.2) is 0 Å². The molecule has 0 saturated heterocycles. The molecule has 0 amide bonds. The van der Waals surface area contributed by atoms with Gasteiger partial charge in [0.05, 0.1) is 4.20 Å². The largest absolute Gasteiger partial charge is 0.381 e. The Kier molecular flexibility index (Phi) is 3.80. The van der Waals surface area contributed by atoms with E-state index < -0.39 is 0 Å². The number of thiocarbonyl (C=S) groups is 1. The summed E-state index contributed by atoms with van der Waals surface area (Å²) in [6, 6.07) is 0. The van der Waals surface area contributed by atoms with Gasteiger partial charge in [0.25, 0.3) is 0 Å². The highest BCUT2D eigenvalue weighted by Gasteiger charge is 2.22. The number of rotatable bonds is 2. The first-order valence-electron chi connectivity index (χ1n) is 4.59. The topological polar surface area (TPSA) is 3.24 Å². The molecule has 1 aliphatic heterocycles. The monoisotopic (exact) mass is 215 g/mol. The first-order chi connectivity index (χ1) is 6.00. The van der Waals surface area contributed by atoms with Crippen molar-refractivity contribution in [2.24, 2.45) is 5.92 Å². The SMILES string of the molecule is CC(C)[C@@H]1CC(N(C)C)=CC(=S)S1. The van der Waals surface area contributed by atoms with E-state index in [0.717, 1.165) is 10.6 Å². The van der Waals surface area contributed by atoms with Crippen molar-refractivity contribution in [2.45, 2.75) is 25.5 Å². The fraction of sp³-hybridized carbons (Fsp3) is 0.700. The van der Waals surface area contributed by atoms with Gasteiger partial charge >= 0.3 is 0 Å². The Hall–Kier alpha value is -0.0200. The van der Waals surface area contributed by atoms with E-state index in [9.17, 15) is 0 Å². The lowest BCUT2D eigenvalue weighted by molar-refractivity contribution is 0.463. The molecular weight excluding hydrogens is 198 g/mol. The molecule has 0 saturated carbocycles. The van der Waals surface area contributed by atoms with E-state index in [2.05, 4.69) is 38.9 Å². The van der Waals surface area contributed by atoms with Crippen LogP contribution in [0.1, 0.15) is 20.3 Å². The second kappa shape index (κ2) is 4.47. The Bertz CT molecular complexity index is 231. The van der Waals surface area contributed by atoms with Gasteiger partial charge in [-0.25, -0.2) is 0 Å². The smallest absolute Gasteiger partial charge is 0.0725 e. The summed E-state index contributed by atoms with van der Waals surface area (Å²) < 4.78 is 1.04. The van der Waals surface area contributed by atoms with Gasteiger partial charge in [0.2, 0.25) is 0 Å². The van der Waals surface area contributed by atoms with Crippen LogP contribution in [-0.4, -0.2) is 28.4 Å². The lowest BCUT2D eigenvalue weighted by Crippen LogP contribution is -2.24. The van der Waals surface area contributed by atoms with E-state index in [1.165, 1.54) is 5.70 Å². The van der Waals surface area contributed by atoms with Crippen LogP contribution in [0, 0.1) is 5.92 Å². The van der Waals surface area contributed by atoms with Crippen LogP contribution in [0.15, 0.2) is 11.8 Å². The zero-order valence-electron chi connectivity index (χ0n) is 8.70. The molecule has 0 aliphatic carbocycles. The van der Waals surface area contributed by atoms with E-state index in [-0.39, 0.29) is 0 Å². The maximum atomic E-state index is 5.26. The van der Waals surface area contributed by atoms with Crippen LogP contribution in [0.3, 0.4) is 0 Å². The van der Waals surface area contributed by atoms with Crippen LogP contribution in [0.5, 0.6) is 0 Å². The highest BCUT2D eigenvalue weighted by Crippen LogP contribution is 2.32. The highest BCUT2D eigenvalue weighted by molar-refractivity contribution is 8.24. The van der Waals surface area contributed by atoms with Crippen LogP contribution >= 0.6 is 24.0 Å². The first-order valence-corrected chi connectivity index (χ1v) is 5.88. The average molecular weight is 215 g/mol. The van der Waals surface area contributed by atoms with Gasteiger partial charge in [-0.15, -0.1) is 11.8 Å². The summed E-state index contributed by atoms with van der Waals surface area (Å²) in [5.41, 5.74) is 1.36. The lowest BCUT2D eigenvalue weighted by Gasteiger charge is -2.29. The predicted octanol–water partition coefficient (Wildman–Crippen LogP) is 2.92. The van der Waals surface area contributed by atoms with Crippen molar-refractivity contribution in [1.29, 1.82) is 0 Å². The Morgan fingerprint density at radius 3 is 2.62 bits per heavy atom. The second-order valence-electron chi connectivity index (χ2n) is 3.95. The molecule has 13 heavy (non-hydrogen) atoms. The number of nitrogens with zero attached hydrogens (tertiary/aromatic N) is 1. The second-order valence-corrected chi connectivity index (χ2v) is 5.93. The van der Waals surface area contributed by atoms with Gasteiger partial charge in [0.1, 0.15) is 0 Å². The van der Waals surface area contributed by atoms with Crippen LogP contribution in [0.2, 0.25) is 0 Å². The molecular formula is C10H17NS2. The van der Waals surface area contributed by atoms with E-state index in [1.807, 2.05) is 11.8 Å². The zero-order valence-corrected chi connectivity index (χ0v) is 10.3. The molecule has 0 radical (unpaired) electrons. The molecule has 0 aromatic rings. The zero-order chi connectivity index (χ0) is 10.0. The third-order valence-electron chi connectivity index (χ3n) is 2.28. The van der Waals surface area contributed by atoms with Crippen molar-refractivity contribution in [3.8, 4) is 0 Å². The van der Waals surface area contributed by atoms with E-state index in [4.69, 9.17) is 12.2 Å². The summed E-state index contributed by atoms with van der Waals surface area (Å²) >= 11 is 7.10. The molecule has 1 nitrogen and oxygen atoms in total. The summed E-state index contributed by atoms with van der Waals surface area (Å²) in [5.74, 6) is 0.701. The number of allylic oxidation sites excluding steroid dienone is 1. The van der Waals surface area contributed by atoms with Crippen molar-refractivity contribution < 1.29 is 0 Å². The molecule has 0 spiro atoms. The Balaban J connectivity index is 2.73. The van der Waals surface area contributed by atoms with Crippen LogP contribution in [-0.2, 0) is 0 Å². The van der Waals surface area contributed by atoms with E-state index >= 15 is 0 Å². The molecule has 0 aromatic heterocycles. The van der Waals surface area contributed by atoms with Crippen LogP contribution < -0.4 is 0 Å². The number of thioether (sulfide) groups is 1. The maximum Gasteiger partial charge on any atom is 0.0725 e. The molecule has 0 N–H and O–H groups in total. The van der Waals surface area contributed by atoms with Crippen molar-refractivity contribution in [3.63, 3.8) is 0 Å². The molecule has 1 atom stereocenters. The van der Waals surface area contributed by atoms with Crippen LogP contribution in [0.25, 0.3) is 0 Å². The Morgan fingerprint density at radius 2 is 2.15 bits per heavy atom. The van der Waals surface area contributed by atoms with Gasteiger partial charge in [-0.2, -0.15) is 0 Å². The third-order valence-corrected chi connectivity index (χ3v) is 4.05. The molecule has 1 aliphatic rings. The van der Waals surface area contributed by atoms with Crippen molar-refractivity contribution in [2.75, 3.05) is 14.1 Å². The molecule has 74 valence electrons. The number of hydrogen-bond acceptors (Lipinski definition) is 3. The maximum absolute atomic E-state index is 5.26. The molecule has 0 fully saturated rings. The molecule has 1 heterocycles. The normalized spacial score (nSPS) is 23.3. The summed E-state index contributed by atoms with van der Waals surface area (Å²) in [4.78, 5) is 2.17. The third kappa shape index (κ3) is 2.99. The minimum Gasteiger partial charge on any atom is -0.381 e. The summed E-state index contributed by atoms with van der Waals surface area (Å²) in [6.45, 7) is 4.53. The average Bonchev–Trinajstić information content (AvgIpc) is 2.03. The summed E-state index contributed by atoms with van der Waals surface area (Å²) in [7, 11) is 4.17. The van der Waals surface area contributed by atoms with Crippen molar-refractivity contribution in [3.05, 3.63) is 11.8 Å². The van der Waals surface area contributed by atoms with E-state index in [0.29, 0.717) is 11.2 Å². The van der Waals surface area contributed by atoms with Crippen LogP contribution in [0.4, 0.5) is 0 Å². The quantitative estimate of drug-likeness (QED) is 0.652. The lowest BCUT2D eigenvalue weighted by atomic mass is 10.0. The highest BCUT2D eigenvalue weighted by atomic mass is 32.2. The van der Waals surface area contributed by atoms with E-state index in [1.54, 1.807) is 0 Å². The molecule has 1 rings (SSSR count). The minimum absolute atomic E-state index is 0.662. The van der Waals surface area contributed by atoms with Crippen molar-refractivity contribution in [1.82, 2.24) is 4.90 Å². The van der Waals surface area contributed by atoms with Gasteiger partial charge in [-0.1, -0.05) is 26.1 Å². The molecule has 0 bridgehead atoms. The molecule has 0 unspecified atom stereocenters. The van der Waals surface area contributed by atoms with Gasteiger partial charge < -0.3 is 4.90 Å². The predicted molar refractivity (Wildman–Crippen MR) is 65.2 cm³/mol. The Morgan fingerprint density at radius 1 is 1.54 bits per heavy atom.